The van der Waals surface area contributed by atoms with Gasteiger partial charge in [-0.3, -0.25) is 4.79 Å². The fourth-order valence-electron chi connectivity index (χ4n) is 2.45. The molecule has 0 unspecified atom stereocenters. The van der Waals surface area contributed by atoms with Crippen molar-refractivity contribution >= 4 is 22.9 Å². The Morgan fingerprint density at radius 2 is 2.11 bits per heavy atom. The summed E-state index contributed by atoms with van der Waals surface area (Å²) in [4.78, 5) is 13.4. The molecule has 1 amide bonds. The van der Waals surface area contributed by atoms with Crippen molar-refractivity contribution in [1.82, 2.24) is 0 Å². The Labute approximate surface area is 111 Å². The number of thiophene rings is 1. The highest BCUT2D eigenvalue weighted by atomic mass is 32.1. The number of hydrogen-bond acceptors (Lipinski definition) is 2. The van der Waals surface area contributed by atoms with Gasteiger partial charge in [0.1, 0.15) is 0 Å². The second-order valence-electron chi connectivity index (χ2n) is 4.86. The van der Waals surface area contributed by atoms with Gasteiger partial charge in [-0.05, 0) is 48.9 Å². The van der Waals surface area contributed by atoms with Gasteiger partial charge in [0, 0.05) is 10.6 Å². The largest absolute Gasteiger partial charge is 0.325 e. The molecular formula is C15H15NOS. The predicted molar refractivity (Wildman–Crippen MR) is 75.3 cm³/mol. The van der Waals surface area contributed by atoms with E-state index in [2.05, 4.69) is 36.7 Å². The van der Waals surface area contributed by atoms with Gasteiger partial charge in [0.05, 0.1) is 5.92 Å². The molecule has 0 saturated carbocycles. The molecule has 0 saturated heterocycles. The van der Waals surface area contributed by atoms with E-state index in [0.717, 1.165) is 17.7 Å². The third-order valence-corrected chi connectivity index (χ3v) is 4.56. The van der Waals surface area contributed by atoms with Crippen LogP contribution in [0.15, 0.2) is 29.6 Å². The summed E-state index contributed by atoms with van der Waals surface area (Å²) in [5.41, 5.74) is 4.62. The number of anilines is 1. The Balaban J connectivity index is 1.96. The second-order valence-corrected chi connectivity index (χ2v) is 5.86. The first-order valence-electron chi connectivity index (χ1n) is 6.09. The third kappa shape index (κ3) is 1.85. The summed E-state index contributed by atoms with van der Waals surface area (Å²) < 4.78 is 0. The van der Waals surface area contributed by atoms with Crippen LogP contribution < -0.4 is 5.32 Å². The van der Waals surface area contributed by atoms with Crippen molar-refractivity contribution in [3.05, 3.63) is 51.2 Å². The molecule has 3 rings (SSSR count). The molecule has 1 aliphatic rings. The minimum atomic E-state index is -0.0303. The molecule has 2 heterocycles. The first-order valence-corrected chi connectivity index (χ1v) is 6.97. The number of amides is 1. The Morgan fingerprint density at radius 3 is 2.83 bits per heavy atom. The maximum Gasteiger partial charge on any atom is 0.232 e. The lowest BCUT2D eigenvalue weighted by atomic mass is 9.94. The molecule has 1 N–H and O–H groups in total. The van der Waals surface area contributed by atoms with Crippen molar-refractivity contribution in [1.29, 1.82) is 0 Å². The normalized spacial score (nSPS) is 17.7. The van der Waals surface area contributed by atoms with Crippen LogP contribution in [-0.4, -0.2) is 5.91 Å². The smallest absolute Gasteiger partial charge is 0.232 e. The summed E-state index contributed by atoms with van der Waals surface area (Å²) in [6.07, 6.45) is 0.811. The van der Waals surface area contributed by atoms with E-state index in [-0.39, 0.29) is 11.8 Å². The van der Waals surface area contributed by atoms with E-state index in [4.69, 9.17) is 0 Å². The molecule has 1 aromatic heterocycles. The predicted octanol–water partition coefficient (Wildman–Crippen LogP) is 3.64. The Bertz CT molecular complexity index is 615. The first kappa shape index (κ1) is 11.5. The molecule has 1 aromatic carbocycles. The van der Waals surface area contributed by atoms with Crippen LogP contribution in [0, 0.1) is 13.8 Å². The van der Waals surface area contributed by atoms with Gasteiger partial charge in [0.2, 0.25) is 5.91 Å². The number of benzene rings is 1. The standard InChI is InChI=1S/C15H15NOS/c1-9-3-4-13-11(7-9)12(15(17)16-13)8-14-10(2)5-6-18-14/h3-7,12H,8H2,1-2H3,(H,16,17)/t12-/m1/s1. The second kappa shape index (κ2) is 4.25. The molecule has 1 atom stereocenters. The summed E-state index contributed by atoms with van der Waals surface area (Å²) >= 11 is 1.74. The van der Waals surface area contributed by atoms with Gasteiger partial charge < -0.3 is 5.32 Å². The highest BCUT2D eigenvalue weighted by molar-refractivity contribution is 7.10. The maximum atomic E-state index is 12.1. The van der Waals surface area contributed by atoms with Gasteiger partial charge >= 0.3 is 0 Å². The van der Waals surface area contributed by atoms with Crippen molar-refractivity contribution in [2.24, 2.45) is 0 Å². The topological polar surface area (TPSA) is 29.1 Å². The van der Waals surface area contributed by atoms with E-state index < -0.39 is 0 Å². The number of carbonyl (C=O) groups excluding carboxylic acids is 1. The average molecular weight is 257 g/mol. The summed E-state index contributed by atoms with van der Waals surface area (Å²) in [6.45, 7) is 4.17. The number of fused-ring (bicyclic) bond motifs is 1. The average Bonchev–Trinajstić information content (AvgIpc) is 2.86. The number of hydrogen-bond donors (Lipinski definition) is 1. The summed E-state index contributed by atoms with van der Waals surface area (Å²) in [7, 11) is 0. The van der Waals surface area contributed by atoms with Crippen LogP contribution in [0.4, 0.5) is 5.69 Å². The highest BCUT2D eigenvalue weighted by Crippen LogP contribution is 2.36. The first-order chi connectivity index (χ1) is 8.65. The fraction of sp³-hybridized carbons (Fsp3) is 0.267. The maximum absolute atomic E-state index is 12.1. The number of aryl methyl sites for hydroxylation is 2. The molecule has 0 bridgehead atoms. The highest BCUT2D eigenvalue weighted by Gasteiger charge is 2.31. The fourth-order valence-corrected chi connectivity index (χ4v) is 3.40. The zero-order valence-electron chi connectivity index (χ0n) is 10.5. The summed E-state index contributed by atoms with van der Waals surface area (Å²) in [5, 5.41) is 5.06. The Hall–Kier alpha value is -1.61. The van der Waals surface area contributed by atoms with Crippen LogP contribution in [0.1, 0.15) is 27.5 Å². The van der Waals surface area contributed by atoms with Gasteiger partial charge in [-0.2, -0.15) is 0 Å². The van der Waals surface area contributed by atoms with Gasteiger partial charge in [0.25, 0.3) is 0 Å². The molecule has 92 valence electrons. The van der Waals surface area contributed by atoms with Crippen molar-refractivity contribution in [2.45, 2.75) is 26.2 Å². The van der Waals surface area contributed by atoms with E-state index in [1.54, 1.807) is 11.3 Å². The minimum Gasteiger partial charge on any atom is -0.325 e. The van der Waals surface area contributed by atoms with Gasteiger partial charge in [-0.15, -0.1) is 11.3 Å². The molecular weight excluding hydrogens is 242 g/mol. The van der Waals surface area contributed by atoms with E-state index in [1.807, 2.05) is 12.1 Å². The molecule has 1 aliphatic heterocycles. The van der Waals surface area contributed by atoms with Gasteiger partial charge in [-0.25, -0.2) is 0 Å². The van der Waals surface area contributed by atoms with Crippen LogP contribution in [0.3, 0.4) is 0 Å². The molecule has 2 nitrogen and oxygen atoms in total. The third-order valence-electron chi connectivity index (χ3n) is 3.51. The van der Waals surface area contributed by atoms with E-state index in [0.29, 0.717) is 0 Å². The lowest BCUT2D eigenvalue weighted by molar-refractivity contribution is -0.117. The summed E-state index contributed by atoms with van der Waals surface area (Å²) in [6, 6.07) is 8.28. The number of carbonyl (C=O) groups is 1. The van der Waals surface area contributed by atoms with Gasteiger partial charge in [0.15, 0.2) is 0 Å². The van der Waals surface area contributed by atoms with E-state index >= 15 is 0 Å². The molecule has 3 heteroatoms. The lowest BCUT2D eigenvalue weighted by Crippen LogP contribution is -2.14. The SMILES string of the molecule is Cc1ccc2c(c1)[C@@H](Cc1sccc1C)C(=O)N2. The Kier molecular flexibility index (Phi) is 2.71. The molecule has 2 aromatic rings. The van der Waals surface area contributed by atoms with Crippen LogP contribution in [0.2, 0.25) is 0 Å². The van der Waals surface area contributed by atoms with Crippen molar-refractivity contribution < 1.29 is 4.79 Å². The van der Waals surface area contributed by atoms with Crippen LogP contribution in [0.25, 0.3) is 0 Å². The minimum absolute atomic E-state index is 0.0303. The quantitative estimate of drug-likeness (QED) is 0.874. The van der Waals surface area contributed by atoms with E-state index in [1.165, 1.54) is 16.0 Å². The molecule has 0 spiro atoms. The zero-order valence-corrected chi connectivity index (χ0v) is 11.3. The Morgan fingerprint density at radius 1 is 1.28 bits per heavy atom. The van der Waals surface area contributed by atoms with Crippen molar-refractivity contribution in [3.63, 3.8) is 0 Å². The molecule has 0 fully saturated rings. The monoisotopic (exact) mass is 257 g/mol. The molecule has 0 aliphatic carbocycles. The molecule has 0 radical (unpaired) electrons. The number of rotatable bonds is 2. The van der Waals surface area contributed by atoms with Crippen LogP contribution >= 0.6 is 11.3 Å². The van der Waals surface area contributed by atoms with E-state index in [9.17, 15) is 4.79 Å². The van der Waals surface area contributed by atoms with Crippen LogP contribution in [0.5, 0.6) is 0 Å². The molecule has 18 heavy (non-hydrogen) atoms. The zero-order chi connectivity index (χ0) is 12.7. The number of nitrogens with one attached hydrogen (secondary N) is 1. The van der Waals surface area contributed by atoms with Crippen molar-refractivity contribution in [3.8, 4) is 0 Å². The van der Waals surface area contributed by atoms with Crippen LogP contribution in [-0.2, 0) is 11.2 Å². The van der Waals surface area contributed by atoms with Gasteiger partial charge in [-0.1, -0.05) is 17.7 Å². The van der Waals surface area contributed by atoms with Crippen molar-refractivity contribution in [2.75, 3.05) is 5.32 Å². The lowest BCUT2D eigenvalue weighted by Gasteiger charge is -2.08. The summed E-state index contributed by atoms with van der Waals surface area (Å²) in [5.74, 6) is 0.0978.